The van der Waals surface area contributed by atoms with Gasteiger partial charge in [-0.15, -0.1) is 16.8 Å². The summed E-state index contributed by atoms with van der Waals surface area (Å²) in [5.41, 5.74) is 1.69. The summed E-state index contributed by atoms with van der Waals surface area (Å²) in [7, 11) is 0. The number of benzene rings is 2. The number of thioether (sulfide) groups is 1. The third kappa shape index (κ3) is 6.32. The second-order valence-electron chi connectivity index (χ2n) is 8.12. The molecule has 3 aromatic rings. The van der Waals surface area contributed by atoms with Gasteiger partial charge in [0.1, 0.15) is 5.82 Å². The largest absolute Gasteiger partial charge is 0.342 e. The fourth-order valence-corrected chi connectivity index (χ4v) is 4.11. The minimum absolute atomic E-state index is 0.0195. The molecule has 9 heteroatoms. The van der Waals surface area contributed by atoms with Crippen LogP contribution in [0.15, 0.2) is 66.3 Å². The third-order valence-corrected chi connectivity index (χ3v) is 6.02. The Morgan fingerprint density at radius 2 is 1.94 bits per heavy atom. The first-order valence-corrected chi connectivity index (χ1v) is 11.9. The fourth-order valence-electron chi connectivity index (χ4n) is 3.36. The lowest BCUT2D eigenvalue weighted by molar-refractivity contribution is -0.113. The summed E-state index contributed by atoms with van der Waals surface area (Å²) in [5.74, 6) is -0.434. The molecule has 2 aromatic carbocycles. The van der Waals surface area contributed by atoms with Gasteiger partial charge in [-0.1, -0.05) is 61.5 Å². The van der Waals surface area contributed by atoms with Crippen molar-refractivity contribution in [2.75, 3.05) is 11.1 Å². The molecule has 0 saturated carbocycles. The van der Waals surface area contributed by atoms with Crippen molar-refractivity contribution >= 4 is 29.3 Å². The van der Waals surface area contributed by atoms with E-state index in [1.54, 1.807) is 24.3 Å². The molecule has 0 fully saturated rings. The van der Waals surface area contributed by atoms with Crippen molar-refractivity contribution in [3.8, 4) is 0 Å². The number of nitrogens with zero attached hydrogens (tertiary/aromatic N) is 3. The number of carbonyl (C=O) groups is 2. The Kier molecular flexibility index (Phi) is 8.59. The van der Waals surface area contributed by atoms with Crippen LogP contribution in [0.5, 0.6) is 0 Å². The van der Waals surface area contributed by atoms with E-state index >= 15 is 0 Å². The lowest BCUT2D eigenvalue weighted by Gasteiger charge is -2.22. The molecule has 7 nitrogen and oxygen atoms in total. The van der Waals surface area contributed by atoms with E-state index in [0.717, 1.165) is 5.56 Å². The first-order valence-electron chi connectivity index (χ1n) is 10.9. The van der Waals surface area contributed by atoms with Gasteiger partial charge in [-0.2, -0.15) is 0 Å². The molecule has 0 saturated heterocycles. The monoisotopic (exact) mass is 481 g/mol. The molecule has 2 N–H and O–H groups in total. The predicted octanol–water partition coefficient (Wildman–Crippen LogP) is 4.77. The van der Waals surface area contributed by atoms with E-state index in [-0.39, 0.29) is 29.2 Å². The summed E-state index contributed by atoms with van der Waals surface area (Å²) < 4.78 is 15.6. The van der Waals surface area contributed by atoms with Gasteiger partial charge in [0, 0.05) is 12.1 Å². The van der Waals surface area contributed by atoms with Gasteiger partial charge in [-0.05, 0) is 37.1 Å². The average molecular weight is 482 g/mol. The molecular weight excluding hydrogens is 453 g/mol. The number of para-hydroxylation sites is 1. The molecule has 1 heterocycles. The molecule has 0 aliphatic heterocycles. The number of aryl methyl sites for hydroxylation is 1. The Balaban J connectivity index is 1.76. The van der Waals surface area contributed by atoms with Crippen molar-refractivity contribution in [3.05, 3.63) is 84.0 Å². The van der Waals surface area contributed by atoms with E-state index in [1.807, 2.05) is 43.5 Å². The summed E-state index contributed by atoms with van der Waals surface area (Å²) in [6.07, 6.45) is 1.70. The van der Waals surface area contributed by atoms with Crippen LogP contribution in [0.2, 0.25) is 0 Å². The number of hydrogen-bond donors (Lipinski definition) is 2. The number of carbonyl (C=O) groups excluding carboxylic acids is 2. The lowest BCUT2D eigenvalue weighted by atomic mass is 10.0. The zero-order valence-corrected chi connectivity index (χ0v) is 20.2. The minimum atomic E-state index is -0.498. The van der Waals surface area contributed by atoms with Crippen molar-refractivity contribution in [2.45, 2.75) is 38.5 Å². The highest BCUT2D eigenvalue weighted by molar-refractivity contribution is 7.99. The van der Waals surface area contributed by atoms with Crippen LogP contribution in [0.4, 0.5) is 10.1 Å². The molecule has 2 amide bonds. The number of amides is 2. The van der Waals surface area contributed by atoms with Gasteiger partial charge in [0.25, 0.3) is 5.91 Å². The van der Waals surface area contributed by atoms with Crippen molar-refractivity contribution in [2.24, 2.45) is 5.92 Å². The lowest BCUT2D eigenvalue weighted by Crippen LogP contribution is -2.34. The number of hydrogen-bond acceptors (Lipinski definition) is 5. The van der Waals surface area contributed by atoms with Gasteiger partial charge in [0.15, 0.2) is 11.0 Å². The van der Waals surface area contributed by atoms with E-state index in [1.165, 1.54) is 23.9 Å². The Labute approximate surface area is 202 Å². The summed E-state index contributed by atoms with van der Waals surface area (Å²) in [6, 6.07) is 13.0. The maximum absolute atomic E-state index is 13.8. The van der Waals surface area contributed by atoms with E-state index in [4.69, 9.17) is 0 Å². The molecule has 0 bridgehead atoms. The molecular formula is C25H28FN5O2S. The molecule has 0 radical (unpaired) electrons. The molecule has 1 atom stereocenters. The first kappa shape index (κ1) is 25.2. The minimum Gasteiger partial charge on any atom is -0.342 e. The van der Waals surface area contributed by atoms with Crippen LogP contribution in [0.25, 0.3) is 0 Å². The van der Waals surface area contributed by atoms with Gasteiger partial charge in [-0.3, -0.25) is 9.59 Å². The molecule has 0 aliphatic carbocycles. The third-order valence-electron chi connectivity index (χ3n) is 5.05. The summed E-state index contributed by atoms with van der Waals surface area (Å²) >= 11 is 1.18. The van der Waals surface area contributed by atoms with Crippen LogP contribution < -0.4 is 10.6 Å². The zero-order valence-electron chi connectivity index (χ0n) is 19.4. The van der Waals surface area contributed by atoms with Crippen LogP contribution >= 0.6 is 11.8 Å². The molecule has 1 aromatic heterocycles. The van der Waals surface area contributed by atoms with Crippen LogP contribution in [0.3, 0.4) is 0 Å². The Hall–Kier alpha value is -3.46. The van der Waals surface area contributed by atoms with Crippen LogP contribution in [0.1, 0.15) is 41.6 Å². The van der Waals surface area contributed by atoms with Crippen molar-refractivity contribution in [3.63, 3.8) is 0 Å². The number of rotatable bonds is 10. The van der Waals surface area contributed by atoms with E-state index in [9.17, 15) is 14.0 Å². The summed E-state index contributed by atoms with van der Waals surface area (Å²) in [6.45, 7) is 10.1. The van der Waals surface area contributed by atoms with Gasteiger partial charge in [-0.25, -0.2) is 4.39 Å². The van der Waals surface area contributed by atoms with Crippen molar-refractivity contribution < 1.29 is 14.0 Å². The fraction of sp³-hybridized carbons (Fsp3) is 0.280. The van der Waals surface area contributed by atoms with Crippen LogP contribution in [0, 0.1) is 18.7 Å². The van der Waals surface area contributed by atoms with E-state index in [2.05, 4.69) is 27.4 Å². The number of halogens is 1. The number of allylic oxidation sites excluding steroid dienone is 1. The van der Waals surface area contributed by atoms with Crippen LogP contribution in [-0.2, 0) is 11.3 Å². The van der Waals surface area contributed by atoms with E-state index < -0.39 is 11.9 Å². The smallest absolute Gasteiger partial charge is 0.251 e. The quantitative estimate of drug-likeness (QED) is 0.322. The molecule has 3 rings (SSSR count). The Morgan fingerprint density at radius 3 is 2.62 bits per heavy atom. The van der Waals surface area contributed by atoms with Gasteiger partial charge in [0.2, 0.25) is 5.91 Å². The Bertz CT molecular complexity index is 1180. The van der Waals surface area contributed by atoms with Crippen molar-refractivity contribution in [1.82, 2.24) is 20.1 Å². The van der Waals surface area contributed by atoms with Crippen LogP contribution in [-0.4, -0.2) is 32.3 Å². The van der Waals surface area contributed by atoms with E-state index in [0.29, 0.717) is 23.1 Å². The highest BCUT2D eigenvalue weighted by Gasteiger charge is 2.26. The predicted molar refractivity (Wildman–Crippen MR) is 132 cm³/mol. The summed E-state index contributed by atoms with van der Waals surface area (Å²) in [4.78, 5) is 25.3. The second-order valence-corrected chi connectivity index (χ2v) is 9.06. The topological polar surface area (TPSA) is 88.9 Å². The molecule has 178 valence electrons. The highest BCUT2D eigenvalue weighted by atomic mass is 32.2. The molecule has 0 spiro atoms. The Morgan fingerprint density at radius 1 is 1.18 bits per heavy atom. The average Bonchev–Trinajstić information content (AvgIpc) is 3.19. The number of nitrogens with one attached hydrogen (secondary N) is 2. The number of aromatic nitrogens is 3. The molecule has 34 heavy (non-hydrogen) atoms. The SMILES string of the molecule is C=CCn1c(SCC(=O)Nc2ccccc2F)nnc1[C@H](NC(=O)c1cccc(C)c1)C(C)C. The zero-order chi connectivity index (χ0) is 24.7. The van der Waals surface area contributed by atoms with Gasteiger partial charge < -0.3 is 15.2 Å². The van der Waals surface area contributed by atoms with Crippen molar-refractivity contribution in [1.29, 1.82) is 0 Å². The normalized spacial score (nSPS) is 11.8. The second kappa shape index (κ2) is 11.6. The highest BCUT2D eigenvalue weighted by Crippen LogP contribution is 2.26. The molecule has 0 aliphatic rings. The number of anilines is 1. The maximum atomic E-state index is 13.8. The van der Waals surface area contributed by atoms with Gasteiger partial charge >= 0.3 is 0 Å². The standard InChI is InChI=1S/C25H28FN5O2S/c1-5-13-31-23(22(16(2)3)28-24(33)18-10-8-9-17(4)14-18)29-30-25(31)34-15-21(32)27-20-12-7-6-11-19(20)26/h5-12,14,16,22H,1,13,15H2,2-4H3,(H,27,32)(H,28,33)/t22-/m1/s1. The summed E-state index contributed by atoms with van der Waals surface area (Å²) in [5, 5.41) is 14.7. The molecule has 0 unspecified atom stereocenters. The maximum Gasteiger partial charge on any atom is 0.251 e. The van der Waals surface area contributed by atoms with Gasteiger partial charge in [0.05, 0.1) is 17.5 Å². The first-order chi connectivity index (χ1) is 16.3.